The van der Waals surface area contributed by atoms with Gasteiger partial charge in [0.05, 0.1) is 23.3 Å². The van der Waals surface area contributed by atoms with Crippen LogP contribution in [0, 0.1) is 11.2 Å². The summed E-state index contributed by atoms with van der Waals surface area (Å²) in [4.78, 5) is 32.1. The Morgan fingerprint density at radius 1 is 1.23 bits per heavy atom. The number of hydrogen-bond donors (Lipinski definition) is 0. The predicted molar refractivity (Wildman–Crippen MR) is 133 cm³/mol. The van der Waals surface area contributed by atoms with E-state index in [0.29, 0.717) is 6.61 Å². The maximum atomic E-state index is 15.5. The van der Waals surface area contributed by atoms with Gasteiger partial charge in [-0.25, -0.2) is 14.2 Å². The van der Waals surface area contributed by atoms with Crippen LogP contribution in [0.4, 0.5) is 9.18 Å². The Labute approximate surface area is 213 Å². The fourth-order valence-electron chi connectivity index (χ4n) is 4.17. The molecule has 0 bridgehead atoms. The highest BCUT2D eigenvalue weighted by Crippen LogP contribution is 2.41. The molecule has 2 rings (SSSR count). The maximum absolute atomic E-state index is 15.5. The smallest absolute Gasteiger partial charge is 0.410 e. The average molecular weight is 513 g/mol. The third-order valence-electron chi connectivity index (χ3n) is 5.63. The zero-order valence-electron chi connectivity index (χ0n) is 22.1. The molecule has 1 saturated heterocycles. The molecule has 0 radical (unpaired) electrons. The number of aromatic nitrogens is 1. The van der Waals surface area contributed by atoms with Gasteiger partial charge in [-0.2, -0.15) is 0 Å². The molecule has 0 aromatic carbocycles. The van der Waals surface area contributed by atoms with Gasteiger partial charge in [0.15, 0.2) is 5.82 Å². The minimum absolute atomic E-state index is 0.0251. The lowest BCUT2D eigenvalue weighted by Crippen LogP contribution is -2.54. The molecule has 0 saturated carbocycles. The zero-order chi connectivity index (χ0) is 26.8. The standard InChI is InChI=1S/C26H38ClFN2O5/c1-10-33-17(3)18-13-20(27)29-19(21(18)28)15-26(22(31)34-24(4,5)6)11-12-30(16(2)14-26)23(32)35-25(7,8)9/h13,16H,3,10-12,14-15H2,1-2,4-9H3/t16-,26-/m1/s1. The van der Waals surface area contributed by atoms with E-state index in [4.69, 9.17) is 25.8 Å². The van der Waals surface area contributed by atoms with Gasteiger partial charge >= 0.3 is 12.1 Å². The van der Waals surface area contributed by atoms with Gasteiger partial charge in [0.25, 0.3) is 0 Å². The summed E-state index contributed by atoms with van der Waals surface area (Å²) in [6, 6.07) is 0.998. The summed E-state index contributed by atoms with van der Waals surface area (Å²) < 4.78 is 32.2. The molecule has 1 fully saturated rings. The van der Waals surface area contributed by atoms with Crippen molar-refractivity contribution in [2.45, 2.75) is 91.9 Å². The molecule has 0 spiro atoms. The van der Waals surface area contributed by atoms with Crippen LogP contribution in [0.5, 0.6) is 0 Å². The SMILES string of the molecule is C=C(OCC)c1cc(Cl)nc(C[C@@]2(C(=O)OC(C)(C)C)CCN(C(=O)OC(C)(C)C)[C@H](C)C2)c1F. The number of nitrogens with zero attached hydrogens (tertiary/aromatic N) is 2. The number of pyridine rings is 1. The van der Waals surface area contributed by atoms with E-state index in [0.717, 1.165) is 0 Å². The van der Waals surface area contributed by atoms with Crippen molar-refractivity contribution in [3.8, 4) is 0 Å². The number of carbonyl (C=O) groups excluding carboxylic acids is 2. The Balaban J connectivity index is 2.45. The molecule has 1 aromatic heterocycles. The van der Waals surface area contributed by atoms with E-state index in [2.05, 4.69) is 11.6 Å². The second-order valence-corrected chi connectivity index (χ2v) is 11.4. The Kier molecular flexibility index (Phi) is 8.85. The van der Waals surface area contributed by atoms with Crippen LogP contribution in [-0.2, 0) is 25.4 Å². The van der Waals surface area contributed by atoms with Crippen molar-refractivity contribution in [2.24, 2.45) is 5.41 Å². The molecule has 1 aliphatic rings. The molecule has 0 aliphatic carbocycles. The summed E-state index contributed by atoms with van der Waals surface area (Å²) >= 11 is 6.21. The largest absolute Gasteiger partial charge is 0.494 e. The summed E-state index contributed by atoms with van der Waals surface area (Å²) in [5.74, 6) is -0.972. The molecule has 1 amide bonds. The molecule has 2 heterocycles. The van der Waals surface area contributed by atoms with Crippen LogP contribution in [-0.4, -0.2) is 52.3 Å². The van der Waals surface area contributed by atoms with Crippen LogP contribution >= 0.6 is 11.6 Å². The molecule has 1 aliphatic heterocycles. The molecule has 0 unspecified atom stereocenters. The number of hydrogen-bond acceptors (Lipinski definition) is 6. The highest BCUT2D eigenvalue weighted by molar-refractivity contribution is 6.29. The average Bonchev–Trinajstić information content (AvgIpc) is 2.68. The highest BCUT2D eigenvalue weighted by atomic mass is 35.5. The van der Waals surface area contributed by atoms with Crippen LogP contribution in [0.1, 0.15) is 79.5 Å². The summed E-state index contributed by atoms with van der Waals surface area (Å²) in [6.07, 6.45) is -0.00455. The lowest BCUT2D eigenvalue weighted by atomic mass is 9.72. The van der Waals surface area contributed by atoms with Crippen molar-refractivity contribution < 1.29 is 28.2 Å². The predicted octanol–water partition coefficient (Wildman–Crippen LogP) is 6.17. The Hall–Kier alpha value is -2.35. The second-order valence-electron chi connectivity index (χ2n) is 11.0. The van der Waals surface area contributed by atoms with Crippen molar-refractivity contribution in [3.05, 3.63) is 34.9 Å². The minimum Gasteiger partial charge on any atom is -0.494 e. The third kappa shape index (κ3) is 7.56. The molecule has 0 N–H and O–H groups in total. The summed E-state index contributed by atoms with van der Waals surface area (Å²) in [5, 5.41) is 0.0656. The molecular formula is C26H38ClFN2O5. The Bertz CT molecular complexity index is 970. The number of esters is 1. The topological polar surface area (TPSA) is 78.0 Å². The fourth-order valence-corrected chi connectivity index (χ4v) is 4.38. The quantitative estimate of drug-likeness (QED) is 0.257. The van der Waals surface area contributed by atoms with Gasteiger partial charge in [-0.1, -0.05) is 18.2 Å². The van der Waals surface area contributed by atoms with Crippen molar-refractivity contribution in [3.63, 3.8) is 0 Å². The van der Waals surface area contributed by atoms with Crippen molar-refractivity contribution >= 4 is 29.4 Å². The van der Waals surface area contributed by atoms with Crippen molar-refractivity contribution in [1.82, 2.24) is 9.88 Å². The number of rotatable bonds is 6. The van der Waals surface area contributed by atoms with E-state index in [1.807, 2.05) is 6.92 Å². The van der Waals surface area contributed by atoms with Crippen molar-refractivity contribution in [2.75, 3.05) is 13.2 Å². The lowest BCUT2D eigenvalue weighted by molar-refractivity contribution is -0.172. The van der Waals surface area contributed by atoms with Gasteiger partial charge in [0.2, 0.25) is 0 Å². The summed E-state index contributed by atoms with van der Waals surface area (Å²) in [5.41, 5.74) is -2.39. The van der Waals surface area contributed by atoms with Gasteiger partial charge in [-0.3, -0.25) is 4.79 Å². The van der Waals surface area contributed by atoms with E-state index < -0.39 is 34.5 Å². The third-order valence-corrected chi connectivity index (χ3v) is 5.82. The normalized spacial score (nSPS) is 20.9. The Morgan fingerprint density at radius 3 is 2.34 bits per heavy atom. The highest BCUT2D eigenvalue weighted by Gasteiger charge is 2.49. The van der Waals surface area contributed by atoms with E-state index in [1.54, 1.807) is 53.4 Å². The van der Waals surface area contributed by atoms with Gasteiger partial charge in [-0.15, -0.1) is 0 Å². The molecular weight excluding hydrogens is 475 g/mol. The molecule has 2 atom stereocenters. The number of carbonyl (C=O) groups is 2. The lowest BCUT2D eigenvalue weighted by Gasteiger charge is -2.44. The molecule has 9 heteroatoms. The van der Waals surface area contributed by atoms with E-state index in [-0.39, 0.29) is 54.0 Å². The van der Waals surface area contributed by atoms with Crippen LogP contribution in [0.2, 0.25) is 5.15 Å². The number of piperidine rings is 1. The van der Waals surface area contributed by atoms with E-state index in [9.17, 15) is 9.59 Å². The summed E-state index contributed by atoms with van der Waals surface area (Å²) in [6.45, 7) is 18.7. The number of likely N-dealkylation sites (tertiary alicyclic amines) is 1. The molecule has 1 aromatic rings. The number of halogens is 2. The minimum atomic E-state index is -1.12. The van der Waals surface area contributed by atoms with Gasteiger partial charge in [0.1, 0.15) is 22.1 Å². The van der Waals surface area contributed by atoms with Crippen LogP contribution in [0.15, 0.2) is 12.6 Å². The van der Waals surface area contributed by atoms with Gasteiger partial charge < -0.3 is 19.1 Å². The second kappa shape index (κ2) is 10.7. The first-order chi connectivity index (χ1) is 16.0. The Morgan fingerprint density at radius 2 is 1.83 bits per heavy atom. The first-order valence-electron chi connectivity index (χ1n) is 11.9. The van der Waals surface area contributed by atoms with Crippen LogP contribution in [0.3, 0.4) is 0 Å². The number of amides is 1. The fraction of sp³-hybridized carbons (Fsp3) is 0.654. The first-order valence-corrected chi connectivity index (χ1v) is 12.3. The van der Waals surface area contributed by atoms with Crippen molar-refractivity contribution in [1.29, 1.82) is 0 Å². The molecule has 196 valence electrons. The summed E-state index contributed by atoms with van der Waals surface area (Å²) in [7, 11) is 0. The van der Waals surface area contributed by atoms with E-state index >= 15 is 4.39 Å². The maximum Gasteiger partial charge on any atom is 0.410 e. The van der Waals surface area contributed by atoms with Crippen LogP contribution < -0.4 is 0 Å². The van der Waals surface area contributed by atoms with Gasteiger partial charge in [0, 0.05) is 19.0 Å². The van der Waals surface area contributed by atoms with E-state index in [1.165, 1.54) is 6.07 Å². The molecule has 7 nitrogen and oxygen atoms in total. The van der Waals surface area contributed by atoms with Gasteiger partial charge in [-0.05, 0) is 74.3 Å². The number of ether oxygens (including phenoxy) is 3. The zero-order valence-corrected chi connectivity index (χ0v) is 22.8. The molecule has 35 heavy (non-hydrogen) atoms. The van der Waals surface area contributed by atoms with Crippen LogP contribution in [0.25, 0.3) is 5.76 Å². The monoisotopic (exact) mass is 512 g/mol. The first kappa shape index (κ1) is 28.9.